The van der Waals surface area contributed by atoms with Gasteiger partial charge in [-0.3, -0.25) is 9.59 Å². The zero-order valence-electron chi connectivity index (χ0n) is 16.0. The molecule has 2 aromatic carbocycles. The molecule has 0 radical (unpaired) electrons. The van der Waals surface area contributed by atoms with Crippen LogP contribution in [0.25, 0.3) is 0 Å². The van der Waals surface area contributed by atoms with E-state index in [2.05, 4.69) is 24.5 Å². The van der Waals surface area contributed by atoms with E-state index in [-0.39, 0.29) is 11.8 Å². The quantitative estimate of drug-likeness (QED) is 0.819. The van der Waals surface area contributed by atoms with Gasteiger partial charge in [0.15, 0.2) is 0 Å². The van der Waals surface area contributed by atoms with E-state index < -0.39 is 6.10 Å². The highest BCUT2D eigenvalue weighted by molar-refractivity contribution is 6.06. The Bertz CT molecular complexity index is 839. The second kappa shape index (κ2) is 8.35. The van der Waals surface area contributed by atoms with Crippen molar-refractivity contribution in [1.82, 2.24) is 0 Å². The summed E-state index contributed by atoms with van der Waals surface area (Å²) in [6, 6.07) is 13.0. The van der Waals surface area contributed by atoms with E-state index >= 15 is 0 Å². The number of benzene rings is 2. The lowest BCUT2D eigenvalue weighted by Gasteiger charge is -2.17. The average molecular weight is 366 g/mol. The van der Waals surface area contributed by atoms with Crippen molar-refractivity contribution in [2.75, 3.05) is 17.2 Å². The van der Waals surface area contributed by atoms with Gasteiger partial charge in [0.1, 0.15) is 6.10 Å². The van der Waals surface area contributed by atoms with Crippen molar-refractivity contribution in [3.05, 3.63) is 59.2 Å². The summed E-state index contributed by atoms with van der Waals surface area (Å²) in [5.74, 6) is -0.0531. The van der Waals surface area contributed by atoms with Crippen molar-refractivity contribution in [3.8, 4) is 0 Å². The molecule has 3 rings (SSSR count). The Kier molecular flexibility index (Phi) is 5.91. The van der Waals surface area contributed by atoms with E-state index in [4.69, 9.17) is 4.74 Å². The summed E-state index contributed by atoms with van der Waals surface area (Å²) in [6.45, 7) is 6.81. The summed E-state index contributed by atoms with van der Waals surface area (Å²) < 4.78 is 5.40. The fourth-order valence-corrected chi connectivity index (χ4v) is 3.27. The fraction of sp³-hybridized carbons (Fsp3) is 0.364. The number of carbonyl (C=O) groups is 2. The third-order valence-electron chi connectivity index (χ3n) is 4.78. The van der Waals surface area contributed by atoms with E-state index in [9.17, 15) is 9.59 Å². The Morgan fingerprint density at radius 2 is 1.89 bits per heavy atom. The summed E-state index contributed by atoms with van der Waals surface area (Å²) in [5, 5.41) is 5.88. The molecule has 1 fully saturated rings. The number of nitrogens with one attached hydrogen (secondary N) is 2. The predicted molar refractivity (Wildman–Crippen MR) is 107 cm³/mol. The molecule has 1 aliphatic rings. The molecule has 0 bridgehead atoms. The summed E-state index contributed by atoms with van der Waals surface area (Å²) >= 11 is 0. The molecular weight excluding hydrogens is 340 g/mol. The minimum atomic E-state index is -0.400. The van der Waals surface area contributed by atoms with Gasteiger partial charge in [-0.05, 0) is 55.0 Å². The molecule has 0 spiro atoms. The van der Waals surface area contributed by atoms with Gasteiger partial charge < -0.3 is 15.4 Å². The van der Waals surface area contributed by atoms with Crippen molar-refractivity contribution in [2.24, 2.45) is 0 Å². The van der Waals surface area contributed by atoms with Crippen LogP contribution < -0.4 is 10.6 Å². The smallest absolute Gasteiger partial charge is 0.255 e. The van der Waals surface area contributed by atoms with Crippen LogP contribution in [0.5, 0.6) is 0 Å². The largest absolute Gasteiger partial charge is 0.368 e. The van der Waals surface area contributed by atoms with Crippen LogP contribution in [0.1, 0.15) is 54.1 Å². The van der Waals surface area contributed by atoms with Crippen LogP contribution in [0.2, 0.25) is 0 Å². The summed E-state index contributed by atoms with van der Waals surface area (Å²) in [4.78, 5) is 25.0. The van der Waals surface area contributed by atoms with Crippen molar-refractivity contribution in [3.63, 3.8) is 0 Å². The lowest BCUT2D eigenvalue weighted by molar-refractivity contribution is -0.124. The van der Waals surface area contributed by atoms with Crippen LogP contribution in [0, 0.1) is 6.92 Å². The molecule has 2 aromatic rings. The van der Waals surface area contributed by atoms with Gasteiger partial charge >= 0.3 is 0 Å². The molecule has 1 saturated heterocycles. The Hall–Kier alpha value is -2.66. The van der Waals surface area contributed by atoms with Gasteiger partial charge in [-0.15, -0.1) is 0 Å². The molecule has 1 atom stereocenters. The molecule has 0 aromatic heterocycles. The molecule has 2 amide bonds. The zero-order valence-corrected chi connectivity index (χ0v) is 16.0. The van der Waals surface area contributed by atoms with Crippen molar-refractivity contribution in [1.29, 1.82) is 0 Å². The SMILES string of the molecule is Cc1cccc(C(C)C)c1NC(=O)c1cccc(NC(=O)C2CCCO2)c1. The van der Waals surface area contributed by atoms with Gasteiger partial charge in [0.05, 0.1) is 0 Å². The van der Waals surface area contributed by atoms with E-state index in [1.54, 1.807) is 24.3 Å². The molecule has 5 heteroatoms. The maximum absolute atomic E-state index is 12.8. The fourth-order valence-electron chi connectivity index (χ4n) is 3.27. The van der Waals surface area contributed by atoms with Crippen LogP contribution in [-0.4, -0.2) is 24.5 Å². The van der Waals surface area contributed by atoms with Gasteiger partial charge in [0.2, 0.25) is 0 Å². The first kappa shape index (κ1) is 19.1. The molecule has 0 saturated carbocycles. The van der Waals surface area contributed by atoms with E-state index in [0.717, 1.165) is 29.7 Å². The number of rotatable bonds is 5. The first-order chi connectivity index (χ1) is 13.0. The maximum Gasteiger partial charge on any atom is 0.255 e. The van der Waals surface area contributed by atoms with Crippen LogP contribution in [0.3, 0.4) is 0 Å². The summed E-state index contributed by atoms with van der Waals surface area (Å²) in [5.41, 5.74) is 4.07. The van der Waals surface area contributed by atoms with Crippen molar-refractivity contribution in [2.45, 2.75) is 45.6 Å². The standard InChI is InChI=1S/C22H26N2O3/c1-14(2)18-10-4-7-15(3)20(18)24-21(25)16-8-5-9-17(13-16)23-22(26)19-11-6-12-27-19/h4-5,7-10,13-14,19H,6,11-12H2,1-3H3,(H,23,26)(H,24,25). The molecule has 1 aliphatic heterocycles. The van der Waals surface area contributed by atoms with Gasteiger partial charge in [-0.25, -0.2) is 0 Å². The molecule has 1 heterocycles. The van der Waals surface area contributed by atoms with Crippen molar-refractivity contribution >= 4 is 23.2 Å². The molecule has 2 N–H and O–H groups in total. The topological polar surface area (TPSA) is 67.4 Å². The molecular formula is C22H26N2O3. The van der Waals surface area contributed by atoms with Gasteiger partial charge in [-0.1, -0.05) is 38.1 Å². The number of ether oxygens (including phenoxy) is 1. The van der Waals surface area contributed by atoms with Crippen LogP contribution in [0.15, 0.2) is 42.5 Å². The Morgan fingerprint density at radius 1 is 1.11 bits per heavy atom. The number of amides is 2. The highest BCUT2D eigenvalue weighted by atomic mass is 16.5. The van der Waals surface area contributed by atoms with E-state index in [0.29, 0.717) is 23.8 Å². The molecule has 1 unspecified atom stereocenters. The minimum absolute atomic E-state index is 0.161. The number of para-hydroxylation sites is 1. The number of anilines is 2. The lowest BCUT2D eigenvalue weighted by Crippen LogP contribution is -2.27. The average Bonchev–Trinajstić information content (AvgIpc) is 3.18. The van der Waals surface area contributed by atoms with E-state index in [1.165, 1.54) is 0 Å². The van der Waals surface area contributed by atoms with Gasteiger partial charge in [0, 0.05) is 23.5 Å². The monoisotopic (exact) mass is 366 g/mol. The second-order valence-corrected chi connectivity index (χ2v) is 7.22. The van der Waals surface area contributed by atoms with Crippen LogP contribution in [0.4, 0.5) is 11.4 Å². The summed E-state index contributed by atoms with van der Waals surface area (Å²) in [7, 11) is 0. The number of hydrogen-bond donors (Lipinski definition) is 2. The molecule has 0 aliphatic carbocycles. The Labute approximate surface area is 160 Å². The third-order valence-corrected chi connectivity index (χ3v) is 4.78. The normalized spacial score (nSPS) is 16.4. The first-order valence-electron chi connectivity index (χ1n) is 9.39. The van der Waals surface area contributed by atoms with E-state index in [1.807, 2.05) is 25.1 Å². The highest BCUT2D eigenvalue weighted by Gasteiger charge is 2.23. The highest BCUT2D eigenvalue weighted by Crippen LogP contribution is 2.28. The zero-order chi connectivity index (χ0) is 19.4. The molecule has 27 heavy (non-hydrogen) atoms. The lowest BCUT2D eigenvalue weighted by atomic mass is 9.98. The Morgan fingerprint density at radius 3 is 2.59 bits per heavy atom. The van der Waals surface area contributed by atoms with Crippen LogP contribution >= 0.6 is 0 Å². The van der Waals surface area contributed by atoms with Crippen LogP contribution in [-0.2, 0) is 9.53 Å². The predicted octanol–water partition coefficient (Wildman–Crippen LogP) is 4.49. The second-order valence-electron chi connectivity index (χ2n) is 7.22. The van der Waals surface area contributed by atoms with Gasteiger partial charge in [0.25, 0.3) is 11.8 Å². The summed E-state index contributed by atoms with van der Waals surface area (Å²) in [6.07, 6.45) is 1.23. The minimum Gasteiger partial charge on any atom is -0.368 e. The maximum atomic E-state index is 12.8. The first-order valence-corrected chi connectivity index (χ1v) is 9.39. The number of hydrogen-bond acceptors (Lipinski definition) is 3. The molecule has 5 nitrogen and oxygen atoms in total. The van der Waals surface area contributed by atoms with Crippen molar-refractivity contribution < 1.29 is 14.3 Å². The number of aryl methyl sites for hydroxylation is 1. The number of carbonyl (C=O) groups excluding carboxylic acids is 2. The Balaban J connectivity index is 1.75. The van der Waals surface area contributed by atoms with Gasteiger partial charge in [-0.2, -0.15) is 0 Å². The third kappa shape index (κ3) is 4.55. The molecule has 142 valence electrons.